The molecule has 7 heteroatoms. The zero-order chi connectivity index (χ0) is 42.0. The normalized spacial score (nSPS) is 12.6. The van der Waals surface area contributed by atoms with E-state index in [0.29, 0.717) is 26.1 Å². The maximum Gasteiger partial charge on any atom is 0.305 e. The minimum atomic E-state index is -0.396. The molecule has 58 heavy (non-hydrogen) atoms. The third-order valence-electron chi connectivity index (χ3n) is 11.9. The number of unbranched alkanes of at least 4 members (excludes halogenated alkanes) is 27. The number of aromatic nitrogens is 1. The molecule has 1 aromatic heterocycles. The molecule has 0 aliphatic heterocycles. The Balaban J connectivity index is 2.17. The maximum atomic E-state index is 12.3. The molecule has 1 rings (SSSR count). The summed E-state index contributed by atoms with van der Waals surface area (Å²) in [5.74, 6) is 0.00698. The Labute approximate surface area is 359 Å². The first-order chi connectivity index (χ1) is 28.5. The predicted octanol–water partition coefficient (Wildman–Crippen LogP) is 14.3. The average Bonchev–Trinajstić information content (AvgIpc) is 3.22. The summed E-state index contributed by atoms with van der Waals surface area (Å²) in [6.45, 7) is 7.07. The highest BCUT2D eigenvalue weighted by molar-refractivity contribution is 5.69. The van der Waals surface area contributed by atoms with E-state index in [2.05, 4.69) is 36.8 Å². The molecule has 1 N–H and O–H groups in total. The lowest BCUT2D eigenvalue weighted by Crippen LogP contribution is -2.33. The van der Waals surface area contributed by atoms with Gasteiger partial charge < -0.3 is 19.5 Å². The number of carbonyl (C=O) groups is 2. The Morgan fingerprint density at radius 2 is 0.966 bits per heavy atom. The van der Waals surface area contributed by atoms with Crippen molar-refractivity contribution >= 4 is 11.9 Å². The fourth-order valence-electron chi connectivity index (χ4n) is 8.14. The summed E-state index contributed by atoms with van der Waals surface area (Å²) in [6, 6.07) is 4.06. The van der Waals surface area contributed by atoms with E-state index >= 15 is 0 Å². The fraction of sp³-hybridized carbons (Fsp3) is 0.863. The van der Waals surface area contributed by atoms with Crippen LogP contribution in [0.2, 0.25) is 0 Å². The van der Waals surface area contributed by atoms with Crippen molar-refractivity contribution in [2.75, 3.05) is 26.8 Å². The molecule has 0 fully saturated rings. The molecule has 338 valence electrons. The van der Waals surface area contributed by atoms with Crippen molar-refractivity contribution in [1.29, 1.82) is 0 Å². The van der Waals surface area contributed by atoms with Crippen LogP contribution >= 0.6 is 0 Å². The Bertz CT molecular complexity index is 1020. The van der Waals surface area contributed by atoms with Gasteiger partial charge in [-0.25, -0.2) is 0 Å². The van der Waals surface area contributed by atoms with Gasteiger partial charge in [0, 0.05) is 38.3 Å². The van der Waals surface area contributed by atoms with Crippen LogP contribution in [0, 0.1) is 5.92 Å². The van der Waals surface area contributed by atoms with Crippen molar-refractivity contribution in [2.24, 2.45) is 5.92 Å². The smallest absolute Gasteiger partial charge is 0.305 e. The molecule has 2 unspecified atom stereocenters. The number of esters is 2. The summed E-state index contributed by atoms with van der Waals surface area (Å²) in [5.41, 5.74) is 1.16. The van der Waals surface area contributed by atoms with Gasteiger partial charge in [0.1, 0.15) is 0 Å². The molecule has 0 spiro atoms. The van der Waals surface area contributed by atoms with Crippen molar-refractivity contribution in [3.8, 4) is 0 Å². The highest BCUT2D eigenvalue weighted by Crippen LogP contribution is 2.21. The van der Waals surface area contributed by atoms with Gasteiger partial charge in [-0.1, -0.05) is 180 Å². The summed E-state index contributed by atoms with van der Waals surface area (Å²) < 4.78 is 11.1. The molecular weight excluding hydrogens is 721 g/mol. The topological polar surface area (TPSA) is 89.0 Å². The Morgan fingerprint density at radius 3 is 1.40 bits per heavy atom. The molecule has 1 heterocycles. The van der Waals surface area contributed by atoms with Crippen molar-refractivity contribution in [2.45, 2.75) is 251 Å². The van der Waals surface area contributed by atoms with Crippen LogP contribution in [-0.2, 0) is 25.6 Å². The summed E-state index contributed by atoms with van der Waals surface area (Å²) in [4.78, 5) is 31.1. The summed E-state index contributed by atoms with van der Waals surface area (Å²) in [5, 5.41) is 11.3. The van der Waals surface area contributed by atoms with Crippen LogP contribution in [0.4, 0.5) is 0 Å². The number of pyridine rings is 1. The molecule has 0 saturated carbocycles. The lowest BCUT2D eigenvalue weighted by Gasteiger charge is -2.28. The van der Waals surface area contributed by atoms with Crippen molar-refractivity contribution in [3.63, 3.8) is 0 Å². The number of hydrogen-bond donors (Lipinski definition) is 1. The van der Waals surface area contributed by atoms with Crippen LogP contribution in [0.3, 0.4) is 0 Å². The second-order valence-electron chi connectivity index (χ2n) is 17.7. The third kappa shape index (κ3) is 35.9. The van der Waals surface area contributed by atoms with Gasteiger partial charge in [0.15, 0.2) is 0 Å². The van der Waals surface area contributed by atoms with Crippen LogP contribution < -0.4 is 0 Å². The Hall–Kier alpha value is -1.99. The van der Waals surface area contributed by atoms with Crippen molar-refractivity contribution < 1.29 is 24.2 Å². The Kier molecular flexibility index (Phi) is 38.9. The zero-order valence-corrected chi connectivity index (χ0v) is 38.5. The van der Waals surface area contributed by atoms with Gasteiger partial charge in [-0.2, -0.15) is 0 Å². The van der Waals surface area contributed by atoms with Crippen LogP contribution in [-0.4, -0.2) is 59.8 Å². The lowest BCUT2D eigenvalue weighted by molar-refractivity contribution is -0.144. The standard InChI is InChI=1S/C51H94N2O5/c1-4-6-8-10-12-14-16-18-20-22-24-26-30-39-50(55)57-42-33-28-29-38-49(54)48(46-53(3)45-47-36-35-41-52-44-47)37-32-34-43-58-51(56)40-31-27-25-23-21-19-17-15-13-11-9-7-5-2/h35-36,41,44,48-49,54H,4-34,37-40,42-43,45-46H2,1-3H3. The number of rotatable bonds is 44. The van der Waals surface area contributed by atoms with E-state index in [9.17, 15) is 14.7 Å². The number of hydrogen-bond acceptors (Lipinski definition) is 7. The number of aliphatic hydroxyl groups excluding tert-OH is 1. The van der Waals surface area contributed by atoms with Gasteiger partial charge in [-0.3, -0.25) is 14.6 Å². The van der Waals surface area contributed by atoms with E-state index in [1.165, 1.54) is 141 Å². The number of aliphatic hydroxyl groups is 1. The third-order valence-corrected chi connectivity index (χ3v) is 11.9. The molecule has 0 bridgehead atoms. The molecule has 0 aliphatic rings. The second-order valence-corrected chi connectivity index (χ2v) is 17.7. The first-order valence-corrected chi connectivity index (χ1v) is 25.0. The van der Waals surface area contributed by atoms with Crippen molar-refractivity contribution in [3.05, 3.63) is 30.1 Å². The van der Waals surface area contributed by atoms with Gasteiger partial charge in [0.05, 0.1) is 19.3 Å². The molecule has 2 atom stereocenters. The minimum Gasteiger partial charge on any atom is -0.466 e. The van der Waals surface area contributed by atoms with E-state index in [1.807, 2.05) is 12.3 Å². The molecular formula is C51H94N2O5. The molecule has 0 saturated heterocycles. The molecule has 0 aromatic carbocycles. The van der Waals surface area contributed by atoms with Crippen LogP contribution in [0.15, 0.2) is 24.5 Å². The predicted molar refractivity (Wildman–Crippen MR) is 245 cm³/mol. The summed E-state index contributed by atoms with van der Waals surface area (Å²) in [7, 11) is 2.11. The van der Waals surface area contributed by atoms with E-state index in [0.717, 1.165) is 89.3 Å². The van der Waals surface area contributed by atoms with Gasteiger partial charge in [0.2, 0.25) is 0 Å². The van der Waals surface area contributed by atoms with Crippen LogP contribution in [0.25, 0.3) is 0 Å². The average molecular weight is 815 g/mol. The SMILES string of the molecule is CCCCCCCCCCCCCCCC(=O)OCCCCCC(O)C(CCCCOC(=O)CCCCCCCCCCCCCCC)CN(C)Cc1cccnc1. The fourth-order valence-corrected chi connectivity index (χ4v) is 8.14. The van der Waals surface area contributed by atoms with Gasteiger partial charge in [-0.15, -0.1) is 0 Å². The largest absolute Gasteiger partial charge is 0.466 e. The van der Waals surface area contributed by atoms with Crippen molar-refractivity contribution in [1.82, 2.24) is 9.88 Å². The van der Waals surface area contributed by atoms with Crippen LogP contribution in [0.1, 0.15) is 244 Å². The first-order valence-electron chi connectivity index (χ1n) is 25.0. The molecule has 7 nitrogen and oxygen atoms in total. The molecule has 0 aliphatic carbocycles. The number of ether oxygens (including phenoxy) is 2. The van der Waals surface area contributed by atoms with E-state index < -0.39 is 6.10 Å². The molecule has 0 radical (unpaired) electrons. The molecule has 1 aromatic rings. The van der Waals surface area contributed by atoms with Gasteiger partial charge in [-0.05, 0) is 76.0 Å². The zero-order valence-electron chi connectivity index (χ0n) is 38.5. The summed E-state index contributed by atoms with van der Waals surface area (Å²) in [6.07, 6.45) is 44.3. The quantitative estimate of drug-likeness (QED) is 0.0518. The first kappa shape index (κ1) is 54.0. The van der Waals surface area contributed by atoms with Crippen LogP contribution in [0.5, 0.6) is 0 Å². The van der Waals surface area contributed by atoms with Gasteiger partial charge >= 0.3 is 11.9 Å². The number of carbonyl (C=O) groups excluding carboxylic acids is 2. The lowest BCUT2D eigenvalue weighted by atomic mass is 9.91. The number of nitrogens with zero attached hydrogens (tertiary/aromatic N) is 2. The highest BCUT2D eigenvalue weighted by Gasteiger charge is 2.21. The maximum absolute atomic E-state index is 12.3. The highest BCUT2D eigenvalue weighted by atomic mass is 16.5. The second kappa shape index (κ2) is 41.7. The molecule has 0 amide bonds. The van der Waals surface area contributed by atoms with E-state index in [4.69, 9.17) is 9.47 Å². The van der Waals surface area contributed by atoms with Gasteiger partial charge in [0.25, 0.3) is 0 Å². The van der Waals surface area contributed by atoms with E-state index in [1.54, 1.807) is 6.20 Å². The van der Waals surface area contributed by atoms with E-state index in [-0.39, 0.29) is 17.9 Å². The minimum absolute atomic E-state index is 0.0647. The monoisotopic (exact) mass is 815 g/mol. The Morgan fingerprint density at radius 1 is 0.569 bits per heavy atom. The summed E-state index contributed by atoms with van der Waals surface area (Å²) >= 11 is 0.